The van der Waals surface area contributed by atoms with E-state index in [4.69, 9.17) is 0 Å². The van der Waals surface area contributed by atoms with Gasteiger partial charge in [0.2, 0.25) is 15.0 Å². The van der Waals surface area contributed by atoms with Crippen molar-refractivity contribution in [2.24, 2.45) is 5.92 Å². The van der Waals surface area contributed by atoms with E-state index >= 15 is 0 Å². The molecule has 0 atom stereocenters. The van der Waals surface area contributed by atoms with Gasteiger partial charge in [-0.15, -0.1) is 12.4 Å². The molecule has 1 fully saturated rings. The molecule has 3 rings (SSSR count). The first-order chi connectivity index (χ1) is 9.15. The quantitative estimate of drug-likeness (QED) is 0.905. The summed E-state index contributed by atoms with van der Waals surface area (Å²) in [7, 11) is -3.32. The van der Waals surface area contributed by atoms with Crippen LogP contribution >= 0.6 is 12.4 Å². The number of sulfone groups is 1. The van der Waals surface area contributed by atoms with E-state index in [9.17, 15) is 8.42 Å². The van der Waals surface area contributed by atoms with Crippen molar-refractivity contribution in [3.63, 3.8) is 0 Å². The molecule has 0 bridgehead atoms. The molecule has 1 aliphatic rings. The molecule has 0 saturated carbocycles. The van der Waals surface area contributed by atoms with Crippen LogP contribution in [0.5, 0.6) is 0 Å². The van der Waals surface area contributed by atoms with Gasteiger partial charge in [0.05, 0.1) is 16.8 Å². The molecule has 1 aromatic heterocycles. The maximum atomic E-state index is 12.4. The predicted molar refractivity (Wildman–Crippen MR) is 81.0 cm³/mol. The van der Waals surface area contributed by atoms with Gasteiger partial charge in [0, 0.05) is 0 Å². The lowest BCUT2D eigenvalue weighted by Gasteiger charge is -2.21. The van der Waals surface area contributed by atoms with Crippen molar-refractivity contribution in [1.29, 1.82) is 0 Å². The lowest BCUT2D eigenvalue weighted by atomic mass is 10.0. The van der Waals surface area contributed by atoms with Crippen molar-refractivity contribution in [2.45, 2.75) is 18.0 Å². The number of nitrogens with one attached hydrogen (secondary N) is 2. The molecule has 2 aromatic rings. The maximum Gasteiger partial charge on any atom is 0.226 e. The van der Waals surface area contributed by atoms with E-state index in [1.165, 1.54) is 0 Å². The van der Waals surface area contributed by atoms with E-state index in [0.717, 1.165) is 31.4 Å². The van der Waals surface area contributed by atoms with Crippen molar-refractivity contribution in [2.75, 3.05) is 18.8 Å². The number of fused-ring (bicyclic) bond motifs is 1. The minimum Gasteiger partial charge on any atom is -0.329 e. The Hall–Kier alpha value is -1.11. The smallest absolute Gasteiger partial charge is 0.226 e. The number of imidazole rings is 1. The Morgan fingerprint density at radius 3 is 2.60 bits per heavy atom. The first-order valence-electron chi connectivity index (χ1n) is 6.53. The summed E-state index contributed by atoms with van der Waals surface area (Å²) in [6.45, 7) is 1.81. The molecule has 110 valence electrons. The highest BCUT2D eigenvalue weighted by Crippen LogP contribution is 2.20. The third-order valence-corrected chi connectivity index (χ3v) is 5.27. The highest BCUT2D eigenvalue weighted by molar-refractivity contribution is 7.91. The van der Waals surface area contributed by atoms with Crippen LogP contribution in [0.3, 0.4) is 0 Å². The summed E-state index contributed by atoms with van der Waals surface area (Å²) in [5.41, 5.74) is 1.47. The average molecular weight is 316 g/mol. The summed E-state index contributed by atoms with van der Waals surface area (Å²) in [5, 5.41) is 3.35. The normalized spacial score (nSPS) is 17.0. The Morgan fingerprint density at radius 1 is 1.20 bits per heavy atom. The minimum absolute atomic E-state index is 0. The van der Waals surface area contributed by atoms with Gasteiger partial charge >= 0.3 is 0 Å². The molecular formula is C13H18ClN3O2S. The SMILES string of the molecule is Cl.O=S(=O)(CC1CCNCC1)c1nc2ccccc2[nH]1. The first-order valence-corrected chi connectivity index (χ1v) is 8.18. The monoisotopic (exact) mass is 315 g/mol. The number of hydrogen-bond acceptors (Lipinski definition) is 4. The van der Waals surface area contributed by atoms with Crippen LogP contribution in [0.1, 0.15) is 12.8 Å². The molecule has 1 aliphatic heterocycles. The van der Waals surface area contributed by atoms with Gasteiger partial charge < -0.3 is 10.3 Å². The van der Waals surface area contributed by atoms with Crippen LogP contribution in [0.2, 0.25) is 0 Å². The van der Waals surface area contributed by atoms with E-state index in [0.29, 0.717) is 5.52 Å². The van der Waals surface area contributed by atoms with Gasteiger partial charge in [0.25, 0.3) is 0 Å². The molecule has 20 heavy (non-hydrogen) atoms. The van der Waals surface area contributed by atoms with Crippen molar-refractivity contribution in [3.8, 4) is 0 Å². The number of nitrogens with zero attached hydrogens (tertiary/aromatic N) is 1. The number of halogens is 1. The van der Waals surface area contributed by atoms with Gasteiger partial charge in [0.15, 0.2) is 0 Å². The molecule has 1 saturated heterocycles. The number of benzene rings is 1. The number of rotatable bonds is 3. The molecule has 7 heteroatoms. The Balaban J connectivity index is 0.00000147. The van der Waals surface area contributed by atoms with Crippen LogP contribution in [0, 0.1) is 5.92 Å². The number of para-hydroxylation sites is 2. The molecule has 0 spiro atoms. The number of hydrogen-bond donors (Lipinski definition) is 2. The van der Waals surface area contributed by atoms with E-state index in [1.54, 1.807) is 0 Å². The molecule has 2 heterocycles. The Bertz CT molecular complexity index is 645. The molecule has 0 radical (unpaired) electrons. The van der Waals surface area contributed by atoms with Crippen molar-refractivity contribution < 1.29 is 8.42 Å². The third-order valence-electron chi connectivity index (χ3n) is 3.58. The first kappa shape index (κ1) is 15.3. The summed E-state index contributed by atoms with van der Waals surface area (Å²) in [6, 6.07) is 7.37. The molecule has 0 aliphatic carbocycles. The summed E-state index contributed by atoms with van der Waals surface area (Å²) >= 11 is 0. The second-order valence-corrected chi connectivity index (χ2v) is 6.98. The van der Waals surface area contributed by atoms with Gasteiger partial charge in [-0.2, -0.15) is 0 Å². The summed E-state index contributed by atoms with van der Waals surface area (Å²) in [5.74, 6) is 0.425. The zero-order valence-electron chi connectivity index (χ0n) is 11.0. The number of piperidine rings is 1. The standard InChI is InChI=1S/C13H17N3O2S.ClH/c17-19(18,9-10-5-7-14-8-6-10)13-15-11-3-1-2-4-12(11)16-13;/h1-4,10,14H,5-9H2,(H,15,16);1H. The highest BCUT2D eigenvalue weighted by Gasteiger charge is 2.25. The molecule has 0 unspecified atom stereocenters. The van der Waals surface area contributed by atoms with E-state index in [-0.39, 0.29) is 29.2 Å². The fourth-order valence-corrected chi connectivity index (χ4v) is 4.13. The molecule has 1 aromatic carbocycles. The number of aromatic amines is 1. The fraction of sp³-hybridized carbons (Fsp3) is 0.462. The zero-order chi connectivity index (χ0) is 13.3. The van der Waals surface area contributed by atoms with Crippen LogP contribution in [0.4, 0.5) is 0 Å². The van der Waals surface area contributed by atoms with Crippen LogP contribution < -0.4 is 5.32 Å². The van der Waals surface area contributed by atoms with E-state index in [1.807, 2.05) is 24.3 Å². The summed E-state index contributed by atoms with van der Waals surface area (Å²) in [4.78, 5) is 7.10. The van der Waals surface area contributed by atoms with Crippen molar-refractivity contribution in [1.82, 2.24) is 15.3 Å². The Kier molecular flexibility index (Phi) is 4.67. The number of aromatic nitrogens is 2. The van der Waals surface area contributed by atoms with Crippen LogP contribution in [0.25, 0.3) is 11.0 Å². The lowest BCUT2D eigenvalue weighted by molar-refractivity contribution is 0.401. The topological polar surface area (TPSA) is 74.8 Å². The zero-order valence-corrected chi connectivity index (χ0v) is 12.6. The highest BCUT2D eigenvalue weighted by atomic mass is 35.5. The second kappa shape index (κ2) is 6.11. The largest absolute Gasteiger partial charge is 0.329 e. The van der Waals surface area contributed by atoms with Crippen LogP contribution in [-0.2, 0) is 9.84 Å². The Labute approximate surface area is 124 Å². The average Bonchev–Trinajstić information content (AvgIpc) is 2.84. The third kappa shape index (κ3) is 3.13. The number of H-pyrrole nitrogens is 1. The van der Waals surface area contributed by atoms with Gasteiger partial charge in [0.1, 0.15) is 0 Å². The molecule has 0 amide bonds. The second-order valence-electron chi connectivity index (χ2n) is 5.03. The van der Waals surface area contributed by atoms with Crippen molar-refractivity contribution >= 4 is 33.3 Å². The lowest BCUT2D eigenvalue weighted by Crippen LogP contribution is -2.31. The molecule has 5 nitrogen and oxygen atoms in total. The minimum atomic E-state index is -3.32. The maximum absolute atomic E-state index is 12.4. The summed E-state index contributed by atoms with van der Waals surface area (Å²) in [6.07, 6.45) is 1.83. The van der Waals surface area contributed by atoms with Gasteiger partial charge in [-0.05, 0) is 44.0 Å². The van der Waals surface area contributed by atoms with E-state index < -0.39 is 9.84 Å². The summed E-state index contributed by atoms with van der Waals surface area (Å²) < 4.78 is 24.7. The van der Waals surface area contributed by atoms with Crippen molar-refractivity contribution in [3.05, 3.63) is 24.3 Å². The molecule has 2 N–H and O–H groups in total. The fourth-order valence-electron chi connectivity index (χ4n) is 2.51. The van der Waals surface area contributed by atoms with E-state index in [2.05, 4.69) is 15.3 Å². The molecular weight excluding hydrogens is 298 g/mol. The van der Waals surface area contributed by atoms with Gasteiger partial charge in [-0.1, -0.05) is 12.1 Å². The Morgan fingerprint density at radius 2 is 1.90 bits per heavy atom. The van der Waals surface area contributed by atoms with Gasteiger partial charge in [-0.25, -0.2) is 13.4 Å². The predicted octanol–water partition coefficient (Wildman–Crippen LogP) is 1.76. The van der Waals surface area contributed by atoms with Crippen LogP contribution in [-0.4, -0.2) is 37.2 Å². The van der Waals surface area contributed by atoms with Gasteiger partial charge in [-0.3, -0.25) is 0 Å². The van der Waals surface area contributed by atoms with Crippen LogP contribution in [0.15, 0.2) is 29.4 Å².